The zero-order valence-electron chi connectivity index (χ0n) is 19.2. The van der Waals surface area contributed by atoms with Crippen LogP contribution in [-0.2, 0) is 4.74 Å². The molecule has 0 aliphatic rings. The van der Waals surface area contributed by atoms with Crippen molar-refractivity contribution < 1.29 is 18.9 Å². The van der Waals surface area contributed by atoms with Crippen LogP contribution >= 0.6 is 23.2 Å². The van der Waals surface area contributed by atoms with Crippen molar-refractivity contribution in [2.24, 2.45) is 0 Å². The highest BCUT2D eigenvalue weighted by molar-refractivity contribution is 6.37. The maximum Gasteiger partial charge on any atom is 0.163 e. The maximum absolute atomic E-state index is 9.69. The molecule has 180 valence electrons. The molecule has 0 aliphatic heterocycles. The lowest BCUT2D eigenvalue weighted by Crippen LogP contribution is -2.21. The lowest BCUT2D eigenvalue weighted by molar-refractivity contribution is 0.198. The molecule has 0 fully saturated rings. The van der Waals surface area contributed by atoms with Gasteiger partial charge in [-0.1, -0.05) is 23.2 Å². The second-order valence-corrected chi connectivity index (χ2v) is 8.03. The van der Waals surface area contributed by atoms with Crippen LogP contribution in [0.2, 0.25) is 10.0 Å². The Balaban J connectivity index is 1.90. The van der Waals surface area contributed by atoms with Gasteiger partial charge in [0.1, 0.15) is 11.8 Å². The fourth-order valence-electron chi connectivity index (χ4n) is 3.29. The first-order valence-corrected chi connectivity index (χ1v) is 11.3. The molecule has 8 nitrogen and oxygen atoms in total. The number of ether oxygens (including phenoxy) is 4. The number of pyridine rings is 1. The van der Waals surface area contributed by atoms with E-state index in [0.717, 1.165) is 19.5 Å². The van der Waals surface area contributed by atoms with E-state index in [1.165, 1.54) is 13.3 Å². The van der Waals surface area contributed by atoms with Gasteiger partial charge >= 0.3 is 0 Å². The molecule has 1 aromatic heterocycles. The second kappa shape index (κ2) is 12.5. The summed E-state index contributed by atoms with van der Waals surface area (Å²) in [6.07, 6.45) is 2.32. The lowest BCUT2D eigenvalue weighted by atomic mass is 10.1. The summed E-state index contributed by atoms with van der Waals surface area (Å²) in [5, 5.41) is 17.6. The Morgan fingerprint density at radius 3 is 2.44 bits per heavy atom. The number of nitriles is 1. The van der Waals surface area contributed by atoms with Crippen molar-refractivity contribution >= 4 is 45.5 Å². The average Bonchev–Trinajstić information content (AvgIpc) is 2.84. The lowest BCUT2D eigenvalue weighted by Gasteiger charge is -2.17. The summed E-state index contributed by atoms with van der Waals surface area (Å²) in [6.45, 7) is 2.77. The minimum absolute atomic E-state index is 0.343. The van der Waals surface area contributed by atoms with Gasteiger partial charge in [-0.3, -0.25) is 4.98 Å². The predicted molar refractivity (Wildman–Crippen MR) is 134 cm³/mol. The van der Waals surface area contributed by atoms with E-state index in [2.05, 4.69) is 21.7 Å². The van der Waals surface area contributed by atoms with Gasteiger partial charge in [0.05, 0.1) is 59.9 Å². The molecule has 0 atom stereocenters. The predicted octanol–water partition coefficient (Wildman–Crippen LogP) is 5.18. The highest BCUT2D eigenvalue weighted by Crippen LogP contribution is 2.40. The van der Waals surface area contributed by atoms with Crippen molar-refractivity contribution in [2.45, 2.75) is 6.42 Å². The Labute approximate surface area is 208 Å². The zero-order valence-corrected chi connectivity index (χ0v) is 20.7. The number of nitrogens with one attached hydrogen (secondary N) is 2. The van der Waals surface area contributed by atoms with Crippen LogP contribution in [0.15, 0.2) is 30.5 Å². The molecule has 10 heteroatoms. The van der Waals surface area contributed by atoms with Gasteiger partial charge in [0.2, 0.25) is 0 Å². The van der Waals surface area contributed by atoms with Crippen LogP contribution in [0, 0.1) is 11.3 Å². The van der Waals surface area contributed by atoms with E-state index in [0.29, 0.717) is 68.3 Å². The smallest absolute Gasteiger partial charge is 0.163 e. The van der Waals surface area contributed by atoms with Gasteiger partial charge in [0, 0.05) is 37.4 Å². The molecule has 3 aromatic rings. The molecule has 1 heterocycles. The van der Waals surface area contributed by atoms with E-state index in [-0.39, 0.29) is 0 Å². The summed E-state index contributed by atoms with van der Waals surface area (Å²) in [6, 6.07) is 9.01. The molecule has 34 heavy (non-hydrogen) atoms. The van der Waals surface area contributed by atoms with E-state index in [9.17, 15) is 5.26 Å². The van der Waals surface area contributed by atoms with Crippen LogP contribution < -0.4 is 24.8 Å². The number of methoxy groups -OCH3 is 3. The first-order chi connectivity index (χ1) is 16.5. The molecule has 0 saturated carbocycles. The third-order valence-electron chi connectivity index (χ3n) is 5.01. The highest BCUT2D eigenvalue weighted by atomic mass is 35.5. The molecule has 2 N–H and O–H groups in total. The number of rotatable bonds is 12. The van der Waals surface area contributed by atoms with Crippen LogP contribution in [-0.4, -0.2) is 52.6 Å². The summed E-state index contributed by atoms with van der Waals surface area (Å²) in [4.78, 5) is 4.44. The fraction of sp³-hybridized carbons (Fsp3) is 0.333. The quantitative estimate of drug-likeness (QED) is 0.325. The molecular weight excluding hydrogens is 479 g/mol. The zero-order chi connectivity index (χ0) is 24.5. The van der Waals surface area contributed by atoms with Crippen molar-refractivity contribution in [3.63, 3.8) is 0 Å². The van der Waals surface area contributed by atoms with Gasteiger partial charge in [0.15, 0.2) is 11.5 Å². The second-order valence-electron chi connectivity index (χ2n) is 7.22. The van der Waals surface area contributed by atoms with E-state index in [4.69, 9.17) is 42.1 Å². The molecule has 0 amide bonds. The first kappa shape index (κ1) is 25.7. The summed E-state index contributed by atoms with van der Waals surface area (Å²) < 4.78 is 21.8. The van der Waals surface area contributed by atoms with Gasteiger partial charge in [-0.25, -0.2) is 0 Å². The highest BCUT2D eigenvalue weighted by Gasteiger charge is 2.16. The minimum atomic E-state index is 0.343. The average molecular weight is 505 g/mol. The Morgan fingerprint density at radius 1 is 0.941 bits per heavy atom. The van der Waals surface area contributed by atoms with Crippen molar-refractivity contribution in [3.8, 4) is 23.3 Å². The van der Waals surface area contributed by atoms with E-state index < -0.39 is 0 Å². The van der Waals surface area contributed by atoms with Crippen molar-refractivity contribution in [2.75, 3.05) is 52.9 Å². The standard InChI is InChI=1S/C24H26Cl2N4O4/c1-31-8-6-28-5-4-7-34-23-11-19-16(9-22(23)33-3)24(15(13-27)14-29-19)30-20-12-21(32-2)18(26)10-17(20)25/h9-12,14,28H,4-8H2,1-3H3,(H,29,30). The molecule has 0 bridgehead atoms. The van der Waals surface area contributed by atoms with Gasteiger partial charge in [-0.05, 0) is 25.1 Å². The summed E-state index contributed by atoms with van der Waals surface area (Å²) in [5.41, 5.74) is 2.04. The molecule has 0 saturated heterocycles. The third kappa shape index (κ3) is 6.13. The molecule has 2 aromatic carbocycles. The van der Waals surface area contributed by atoms with Crippen LogP contribution in [0.25, 0.3) is 10.9 Å². The topological polar surface area (TPSA) is 97.7 Å². The number of halogens is 2. The Morgan fingerprint density at radius 2 is 1.74 bits per heavy atom. The van der Waals surface area contributed by atoms with Crippen molar-refractivity contribution in [1.29, 1.82) is 5.26 Å². The molecule has 0 aliphatic carbocycles. The number of fused-ring (bicyclic) bond motifs is 1. The van der Waals surface area contributed by atoms with Crippen LogP contribution in [0.1, 0.15) is 12.0 Å². The number of hydrogen-bond donors (Lipinski definition) is 2. The molecule has 0 radical (unpaired) electrons. The molecule has 0 unspecified atom stereocenters. The van der Waals surface area contributed by atoms with Gasteiger partial charge in [-0.2, -0.15) is 5.26 Å². The summed E-state index contributed by atoms with van der Waals surface area (Å²) in [7, 11) is 4.76. The number of benzene rings is 2. The Kier molecular flexibility index (Phi) is 9.42. The van der Waals surface area contributed by atoms with Crippen LogP contribution in [0.3, 0.4) is 0 Å². The number of aromatic nitrogens is 1. The van der Waals surface area contributed by atoms with Crippen molar-refractivity contribution in [1.82, 2.24) is 10.3 Å². The molecule has 0 spiro atoms. The summed E-state index contributed by atoms with van der Waals surface area (Å²) in [5.74, 6) is 1.55. The number of anilines is 2. The number of hydrogen-bond acceptors (Lipinski definition) is 8. The minimum Gasteiger partial charge on any atom is -0.495 e. The van der Waals surface area contributed by atoms with Crippen LogP contribution in [0.5, 0.6) is 17.2 Å². The van der Waals surface area contributed by atoms with Crippen molar-refractivity contribution in [3.05, 3.63) is 46.1 Å². The molecular formula is C24H26Cl2N4O4. The van der Waals surface area contributed by atoms with Gasteiger partial charge in [0.25, 0.3) is 0 Å². The van der Waals surface area contributed by atoms with Crippen LogP contribution in [0.4, 0.5) is 11.4 Å². The first-order valence-electron chi connectivity index (χ1n) is 10.6. The molecule has 3 rings (SSSR count). The van der Waals surface area contributed by atoms with E-state index in [1.807, 2.05) is 0 Å². The normalized spacial score (nSPS) is 10.7. The SMILES string of the molecule is COCCNCCCOc1cc2ncc(C#N)c(Nc3cc(OC)c(Cl)cc3Cl)c2cc1OC. The summed E-state index contributed by atoms with van der Waals surface area (Å²) >= 11 is 12.6. The third-order valence-corrected chi connectivity index (χ3v) is 5.62. The van der Waals surface area contributed by atoms with Gasteiger partial charge in [-0.15, -0.1) is 0 Å². The van der Waals surface area contributed by atoms with E-state index in [1.54, 1.807) is 38.5 Å². The van der Waals surface area contributed by atoms with Gasteiger partial charge < -0.3 is 29.6 Å². The monoisotopic (exact) mass is 504 g/mol. The van der Waals surface area contributed by atoms with E-state index >= 15 is 0 Å². The number of nitrogens with zero attached hydrogens (tertiary/aromatic N) is 2. The largest absolute Gasteiger partial charge is 0.495 e. The maximum atomic E-state index is 9.69. The Bertz CT molecular complexity index is 1180. The fourth-order valence-corrected chi connectivity index (χ4v) is 3.79. The Hall–Kier alpha value is -2.96.